The van der Waals surface area contributed by atoms with Crippen LogP contribution in [0.4, 0.5) is 0 Å². The maximum atomic E-state index is 2.51. The normalized spacial score (nSPS) is 32.5. The lowest BCUT2D eigenvalue weighted by molar-refractivity contribution is 0.319. The molecule has 5 rings (SSSR count). The first kappa shape index (κ1) is 12.9. The highest BCUT2D eigenvalue weighted by Gasteiger charge is 2.37. The summed E-state index contributed by atoms with van der Waals surface area (Å²) in [6, 6.07) is 8.96. The molecular weight excluding hydrogens is 264 g/mol. The zero-order chi connectivity index (χ0) is 14.5. The summed E-state index contributed by atoms with van der Waals surface area (Å²) in [6.07, 6.45) is 17.3. The van der Waals surface area contributed by atoms with Crippen LogP contribution >= 0.6 is 0 Å². The number of rotatable bonds is 0. The van der Waals surface area contributed by atoms with Gasteiger partial charge in [0.1, 0.15) is 0 Å². The van der Waals surface area contributed by atoms with Gasteiger partial charge in [0.2, 0.25) is 0 Å². The van der Waals surface area contributed by atoms with Gasteiger partial charge in [0, 0.05) is 0 Å². The van der Waals surface area contributed by atoms with E-state index in [1.165, 1.54) is 55.4 Å². The molecule has 1 fully saturated rings. The van der Waals surface area contributed by atoms with E-state index in [4.69, 9.17) is 0 Å². The fourth-order valence-electron chi connectivity index (χ4n) is 5.50. The first-order valence-corrected chi connectivity index (χ1v) is 9.12. The molecule has 1 aromatic carbocycles. The molecule has 3 unspecified atom stereocenters. The quantitative estimate of drug-likeness (QED) is 0.674. The smallest absolute Gasteiger partial charge is 0.00521 e. The van der Waals surface area contributed by atoms with Crippen molar-refractivity contribution < 1.29 is 0 Å². The molecule has 0 saturated heterocycles. The standard InChI is InChI=1S/C22H24/c1-3-7-17-15(5-1)9-11-21-19(17)13-14-20-18-8-4-2-6-16(18)10-12-22(20)21/h1,3,5,7,9,13-14,16,21-22H,2,4,6,8,10-12H2. The molecule has 1 saturated carbocycles. The number of benzene rings is 1. The average molecular weight is 288 g/mol. The van der Waals surface area contributed by atoms with Crippen LogP contribution in [0.15, 0.2) is 47.6 Å². The Kier molecular flexibility index (Phi) is 2.93. The van der Waals surface area contributed by atoms with Gasteiger partial charge in [0.25, 0.3) is 0 Å². The fraction of sp³-hybridized carbons (Fsp3) is 0.455. The van der Waals surface area contributed by atoms with Crippen molar-refractivity contribution in [3.63, 3.8) is 0 Å². The van der Waals surface area contributed by atoms with Crippen molar-refractivity contribution in [1.82, 2.24) is 0 Å². The lowest BCUT2D eigenvalue weighted by Crippen LogP contribution is -2.37. The predicted molar refractivity (Wildman–Crippen MR) is 92.5 cm³/mol. The van der Waals surface area contributed by atoms with Gasteiger partial charge in [-0.1, -0.05) is 54.5 Å². The van der Waals surface area contributed by atoms with Gasteiger partial charge in [-0.15, -0.1) is 0 Å². The topological polar surface area (TPSA) is 0 Å². The predicted octanol–water partition coefficient (Wildman–Crippen LogP) is 4.10. The SMILES string of the molecule is C1=CC2=c3ccccc3=CCC2C2CCC3CCCCC3=C12. The summed E-state index contributed by atoms with van der Waals surface area (Å²) >= 11 is 0. The zero-order valence-corrected chi connectivity index (χ0v) is 13.2. The summed E-state index contributed by atoms with van der Waals surface area (Å²) in [4.78, 5) is 0. The molecule has 0 heteroatoms. The largest absolute Gasteiger partial charge is 0.0760 e. The lowest BCUT2D eigenvalue weighted by Gasteiger charge is -2.42. The molecule has 4 aliphatic rings. The van der Waals surface area contributed by atoms with Gasteiger partial charge in [0.15, 0.2) is 0 Å². The Hall–Kier alpha value is -1.56. The van der Waals surface area contributed by atoms with Crippen LogP contribution in [0.2, 0.25) is 0 Å². The molecule has 1 aromatic rings. The van der Waals surface area contributed by atoms with E-state index in [2.05, 4.69) is 42.5 Å². The minimum atomic E-state index is 0.741. The van der Waals surface area contributed by atoms with Gasteiger partial charge >= 0.3 is 0 Å². The third kappa shape index (κ3) is 1.82. The maximum Gasteiger partial charge on any atom is -0.00521 e. The minimum absolute atomic E-state index is 0.741. The van der Waals surface area contributed by atoms with Crippen LogP contribution in [0, 0.1) is 17.8 Å². The molecule has 0 spiro atoms. The van der Waals surface area contributed by atoms with Crippen molar-refractivity contribution in [2.75, 3.05) is 0 Å². The molecule has 0 aliphatic heterocycles. The number of hydrogen-bond acceptors (Lipinski definition) is 0. The van der Waals surface area contributed by atoms with Crippen LogP contribution in [0.1, 0.15) is 44.9 Å². The molecule has 3 atom stereocenters. The number of hydrogen-bond donors (Lipinski definition) is 0. The van der Waals surface area contributed by atoms with Crippen molar-refractivity contribution in [3.05, 3.63) is 58.0 Å². The van der Waals surface area contributed by atoms with E-state index in [1.54, 1.807) is 11.1 Å². The first-order valence-electron chi connectivity index (χ1n) is 9.12. The van der Waals surface area contributed by atoms with Gasteiger partial charge in [-0.25, -0.2) is 0 Å². The Balaban J connectivity index is 1.69. The van der Waals surface area contributed by atoms with E-state index in [9.17, 15) is 0 Å². The van der Waals surface area contributed by atoms with Crippen LogP contribution in [0.3, 0.4) is 0 Å². The van der Waals surface area contributed by atoms with Crippen molar-refractivity contribution in [2.45, 2.75) is 44.9 Å². The number of allylic oxidation sites excluding steroid dienone is 4. The summed E-state index contributed by atoms with van der Waals surface area (Å²) in [6.45, 7) is 0. The van der Waals surface area contributed by atoms with E-state index >= 15 is 0 Å². The molecule has 0 bridgehead atoms. The van der Waals surface area contributed by atoms with E-state index in [-0.39, 0.29) is 0 Å². The van der Waals surface area contributed by atoms with Gasteiger partial charge in [-0.3, -0.25) is 0 Å². The molecule has 22 heavy (non-hydrogen) atoms. The number of fused-ring (bicyclic) bond motifs is 5. The molecule has 112 valence electrons. The average Bonchev–Trinajstić information content (AvgIpc) is 2.60. The zero-order valence-electron chi connectivity index (χ0n) is 13.2. The Labute approximate surface area is 132 Å². The van der Waals surface area contributed by atoms with Crippen LogP contribution in [0.5, 0.6) is 0 Å². The fourth-order valence-corrected chi connectivity index (χ4v) is 5.50. The second kappa shape index (κ2) is 4.98. The van der Waals surface area contributed by atoms with Crippen LogP contribution in [0.25, 0.3) is 11.6 Å². The van der Waals surface area contributed by atoms with Crippen LogP contribution < -0.4 is 10.4 Å². The molecule has 0 N–H and O–H groups in total. The van der Waals surface area contributed by atoms with Gasteiger partial charge in [-0.05, 0) is 77.9 Å². The third-order valence-electron chi connectivity index (χ3n) is 6.53. The third-order valence-corrected chi connectivity index (χ3v) is 6.53. The Morgan fingerprint density at radius 1 is 0.818 bits per heavy atom. The first-order chi connectivity index (χ1) is 10.9. The monoisotopic (exact) mass is 288 g/mol. The second-order valence-electron chi connectivity index (χ2n) is 7.53. The van der Waals surface area contributed by atoms with Gasteiger partial charge in [-0.2, -0.15) is 0 Å². The van der Waals surface area contributed by atoms with Crippen molar-refractivity contribution in [2.24, 2.45) is 17.8 Å². The molecule has 0 aromatic heterocycles. The van der Waals surface area contributed by atoms with E-state index in [0.717, 1.165) is 17.8 Å². The summed E-state index contributed by atoms with van der Waals surface area (Å²) < 4.78 is 0. The van der Waals surface area contributed by atoms with Crippen LogP contribution in [-0.2, 0) is 0 Å². The highest BCUT2D eigenvalue weighted by Crippen LogP contribution is 2.49. The minimum Gasteiger partial charge on any atom is -0.0760 e. The van der Waals surface area contributed by atoms with E-state index < -0.39 is 0 Å². The Bertz CT molecular complexity index is 790. The molecule has 0 amide bonds. The highest BCUT2D eigenvalue weighted by atomic mass is 14.4. The summed E-state index contributed by atoms with van der Waals surface area (Å²) in [5.41, 5.74) is 5.20. The van der Waals surface area contributed by atoms with Crippen molar-refractivity contribution in [1.29, 1.82) is 0 Å². The molecular formula is C22H24. The van der Waals surface area contributed by atoms with Gasteiger partial charge in [0.05, 0.1) is 0 Å². The molecule has 0 heterocycles. The second-order valence-corrected chi connectivity index (χ2v) is 7.53. The van der Waals surface area contributed by atoms with Crippen molar-refractivity contribution in [3.8, 4) is 0 Å². The Morgan fingerprint density at radius 3 is 2.73 bits per heavy atom. The summed E-state index contributed by atoms with van der Waals surface area (Å²) in [5, 5.41) is 2.94. The van der Waals surface area contributed by atoms with Crippen LogP contribution in [-0.4, -0.2) is 0 Å². The molecule has 0 radical (unpaired) electrons. The maximum absolute atomic E-state index is 2.51. The van der Waals surface area contributed by atoms with E-state index in [1.807, 2.05) is 5.57 Å². The summed E-state index contributed by atoms with van der Waals surface area (Å²) in [7, 11) is 0. The molecule has 0 nitrogen and oxygen atoms in total. The van der Waals surface area contributed by atoms with E-state index in [0.29, 0.717) is 0 Å². The summed E-state index contributed by atoms with van der Waals surface area (Å²) in [5.74, 6) is 2.46. The van der Waals surface area contributed by atoms with Gasteiger partial charge < -0.3 is 0 Å². The lowest BCUT2D eigenvalue weighted by atomic mass is 9.62. The Morgan fingerprint density at radius 2 is 1.73 bits per heavy atom. The van der Waals surface area contributed by atoms with Crippen molar-refractivity contribution >= 4 is 11.6 Å². The molecule has 4 aliphatic carbocycles. The highest BCUT2D eigenvalue weighted by molar-refractivity contribution is 5.68.